The van der Waals surface area contributed by atoms with Gasteiger partial charge < -0.3 is 10.6 Å². The molecule has 0 aliphatic carbocycles. The molecule has 3 heteroatoms. The van der Waals surface area contributed by atoms with Crippen LogP contribution in [0.5, 0.6) is 0 Å². The Morgan fingerprint density at radius 2 is 2.18 bits per heavy atom. The van der Waals surface area contributed by atoms with Gasteiger partial charge in [-0.2, -0.15) is 0 Å². The predicted molar refractivity (Wildman–Crippen MR) is 72.2 cm³/mol. The van der Waals surface area contributed by atoms with E-state index in [9.17, 15) is 0 Å². The Kier molecular flexibility index (Phi) is 3.79. The van der Waals surface area contributed by atoms with Gasteiger partial charge in [0.25, 0.3) is 0 Å². The van der Waals surface area contributed by atoms with Crippen molar-refractivity contribution in [2.45, 2.75) is 32.7 Å². The fourth-order valence-corrected chi connectivity index (χ4v) is 2.02. The van der Waals surface area contributed by atoms with Crippen LogP contribution >= 0.6 is 0 Å². The summed E-state index contributed by atoms with van der Waals surface area (Å²) in [5.41, 5.74) is 8.07. The third-order valence-electron chi connectivity index (χ3n) is 3.10. The first-order chi connectivity index (χ1) is 8.20. The molecular weight excluding hydrogens is 210 g/mol. The average Bonchev–Trinajstić information content (AvgIpc) is 2.39. The minimum atomic E-state index is 0.445. The van der Waals surface area contributed by atoms with Crippen LogP contribution in [-0.2, 0) is 6.54 Å². The van der Waals surface area contributed by atoms with Crippen LogP contribution in [-0.4, -0.2) is 18.1 Å². The van der Waals surface area contributed by atoms with Gasteiger partial charge in [0.05, 0.1) is 0 Å². The molecular formula is C14H21N3. The van der Waals surface area contributed by atoms with E-state index in [2.05, 4.69) is 43.0 Å². The van der Waals surface area contributed by atoms with Gasteiger partial charge in [-0.05, 0) is 30.0 Å². The lowest BCUT2D eigenvalue weighted by atomic mass is 10.1. The van der Waals surface area contributed by atoms with Crippen molar-refractivity contribution in [2.24, 2.45) is 5.73 Å². The highest BCUT2D eigenvalue weighted by molar-refractivity contribution is 5.44. The van der Waals surface area contributed by atoms with Gasteiger partial charge in [0.2, 0.25) is 0 Å². The molecule has 0 unspecified atom stereocenters. The lowest BCUT2D eigenvalue weighted by Crippen LogP contribution is -2.28. The summed E-state index contributed by atoms with van der Waals surface area (Å²) in [6.07, 6.45) is 5.54. The largest absolute Gasteiger partial charge is 0.353 e. The van der Waals surface area contributed by atoms with Crippen molar-refractivity contribution < 1.29 is 0 Å². The molecule has 0 amide bonds. The zero-order valence-corrected chi connectivity index (χ0v) is 10.7. The predicted octanol–water partition coefficient (Wildman–Crippen LogP) is 2.43. The van der Waals surface area contributed by atoms with Crippen molar-refractivity contribution >= 4 is 5.82 Å². The third-order valence-corrected chi connectivity index (χ3v) is 3.10. The quantitative estimate of drug-likeness (QED) is 0.812. The maximum absolute atomic E-state index is 5.76. The van der Waals surface area contributed by atoms with E-state index in [1.165, 1.54) is 5.56 Å². The summed E-state index contributed by atoms with van der Waals surface area (Å²) in [6.45, 7) is 6.93. The zero-order chi connectivity index (χ0) is 12.3. The Bertz CT molecular complexity index is 410. The molecule has 0 fully saturated rings. The van der Waals surface area contributed by atoms with Crippen LogP contribution in [0.2, 0.25) is 0 Å². The number of anilines is 1. The first-order valence-corrected chi connectivity index (χ1v) is 6.31. The molecule has 0 saturated carbocycles. The summed E-state index contributed by atoms with van der Waals surface area (Å²) in [5, 5.41) is 0. The molecule has 0 radical (unpaired) electrons. The normalized spacial score (nSPS) is 15.6. The Morgan fingerprint density at radius 1 is 1.35 bits per heavy atom. The molecule has 2 rings (SSSR count). The van der Waals surface area contributed by atoms with E-state index in [1.807, 2.05) is 0 Å². The van der Waals surface area contributed by atoms with E-state index in [1.54, 1.807) is 0 Å². The summed E-state index contributed by atoms with van der Waals surface area (Å²) in [7, 11) is 0. The van der Waals surface area contributed by atoms with Gasteiger partial charge in [-0.3, -0.25) is 0 Å². The highest BCUT2D eigenvalue weighted by Crippen LogP contribution is 2.21. The van der Waals surface area contributed by atoms with Crippen molar-refractivity contribution in [3.8, 4) is 0 Å². The number of nitrogens with zero attached hydrogens (tertiary/aromatic N) is 2. The fourth-order valence-electron chi connectivity index (χ4n) is 2.02. The van der Waals surface area contributed by atoms with Crippen LogP contribution in [0.3, 0.4) is 0 Å². The van der Waals surface area contributed by atoms with Crippen LogP contribution in [0.25, 0.3) is 0 Å². The van der Waals surface area contributed by atoms with Gasteiger partial charge in [0, 0.05) is 25.3 Å². The van der Waals surface area contributed by atoms with Gasteiger partial charge >= 0.3 is 0 Å². The van der Waals surface area contributed by atoms with E-state index in [0.717, 1.165) is 31.0 Å². The van der Waals surface area contributed by atoms with Gasteiger partial charge in [0.15, 0.2) is 0 Å². The van der Waals surface area contributed by atoms with E-state index in [0.29, 0.717) is 12.5 Å². The van der Waals surface area contributed by atoms with Crippen LogP contribution < -0.4 is 10.6 Å². The maximum atomic E-state index is 5.76. The van der Waals surface area contributed by atoms with Gasteiger partial charge in [-0.15, -0.1) is 0 Å². The molecule has 0 spiro atoms. The lowest BCUT2D eigenvalue weighted by molar-refractivity contribution is 0.772. The van der Waals surface area contributed by atoms with E-state index >= 15 is 0 Å². The average molecular weight is 231 g/mol. The van der Waals surface area contributed by atoms with E-state index in [-0.39, 0.29) is 0 Å². The first-order valence-electron chi connectivity index (χ1n) is 6.31. The zero-order valence-electron chi connectivity index (χ0n) is 10.7. The molecule has 0 atom stereocenters. The monoisotopic (exact) mass is 231 g/mol. The molecule has 2 N–H and O–H groups in total. The third kappa shape index (κ3) is 2.86. The topological polar surface area (TPSA) is 42.1 Å². The summed E-state index contributed by atoms with van der Waals surface area (Å²) in [6, 6.07) is 4.24. The van der Waals surface area contributed by atoms with Crippen molar-refractivity contribution in [1.29, 1.82) is 0 Å². The van der Waals surface area contributed by atoms with Crippen molar-refractivity contribution in [1.82, 2.24) is 4.98 Å². The summed E-state index contributed by atoms with van der Waals surface area (Å²) >= 11 is 0. The van der Waals surface area contributed by atoms with E-state index in [4.69, 9.17) is 10.7 Å². The SMILES string of the molecule is CC(C)c1cc(CN)cc(N2CC=CCC2)n1. The standard InChI is InChI=1S/C14H21N3/c1-11(2)13-8-12(10-15)9-14(16-13)17-6-4-3-5-7-17/h3-4,8-9,11H,5-7,10,15H2,1-2H3. The Labute approximate surface area is 103 Å². The van der Waals surface area contributed by atoms with Crippen LogP contribution in [0.15, 0.2) is 24.3 Å². The molecule has 3 nitrogen and oxygen atoms in total. The van der Waals surface area contributed by atoms with Crippen molar-refractivity contribution in [2.75, 3.05) is 18.0 Å². The van der Waals surface area contributed by atoms with Crippen LogP contribution in [0.1, 0.15) is 37.4 Å². The Hall–Kier alpha value is -1.35. The number of aromatic nitrogens is 1. The lowest BCUT2D eigenvalue weighted by Gasteiger charge is -2.25. The fraction of sp³-hybridized carbons (Fsp3) is 0.500. The van der Waals surface area contributed by atoms with Crippen molar-refractivity contribution in [3.05, 3.63) is 35.5 Å². The molecule has 92 valence electrons. The molecule has 1 aromatic heterocycles. The molecule has 2 heterocycles. The minimum Gasteiger partial charge on any atom is -0.353 e. The second kappa shape index (κ2) is 5.32. The smallest absolute Gasteiger partial charge is 0.129 e. The molecule has 1 aliphatic rings. The van der Waals surface area contributed by atoms with Gasteiger partial charge in [0.1, 0.15) is 5.82 Å². The maximum Gasteiger partial charge on any atom is 0.129 e. The summed E-state index contributed by atoms with van der Waals surface area (Å²) in [5.74, 6) is 1.52. The second-order valence-electron chi connectivity index (χ2n) is 4.82. The molecule has 1 aliphatic heterocycles. The number of hydrogen-bond donors (Lipinski definition) is 1. The molecule has 1 aromatic rings. The Balaban J connectivity index is 2.31. The molecule has 17 heavy (non-hydrogen) atoms. The Morgan fingerprint density at radius 3 is 2.76 bits per heavy atom. The highest BCUT2D eigenvalue weighted by Gasteiger charge is 2.12. The number of nitrogens with two attached hydrogens (primary N) is 1. The van der Waals surface area contributed by atoms with Gasteiger partial charge in [-0.25, -0.2) is 4.98 Å². The molecule has 0 bridgehead atoms. The van der Waals surface area contributed by atoms with Crippen LogP contribution in [0.4, 0.5) is 5.82 Å². The summed E-state index contributed by atoms with van der Waals surface area (Å²) in [4.78, 5) is 7.05. The number of hydrogen-bond acceptors (Lipinski definition) is 3. The number of pyridine rings is 1. The number of rotatable bonds is 3. The van der Waals surface area contributed by atoms with E-state index < -0.39 is 0 Å². The summed E-state index contributed by atoms with van der Waals surface area (Å²) < 4.78 is 0. The highest BCUT2D eigenvalue weighted by atomic mass is 15.2. The first kappa shape index (κ1) is 12.1. The van der Waals surface area contributed by atoms with Crippen molar-refractivity contribution in [3.63, 3.8) is 0 Å². The molecule has 0 aromatic carbocycles. The van der Waals surface area contributed by atoms with Gasteiger partial charge in [-0.1, -0.05) is 26.0 Å². The minimum absolute atomic E-state index is 0.445. The second-order valence-corrected chi connectivity index (χ2v) is 4.82. The molecule has 0 saturated heterocycles. The van der Waals surface area contributed by atoms with Crippen LogP contribution in [0, 0.1) is 0 Å².